The van der Waals surface area contributed by atoms with Crippen molar-refractivity contribution < 1.29 is 9.84 Å². The zero-order valence-corrected chi connectivity index (χ0v) is 12.3. The molecular weight excluding hydrogens is 226 g/mol. The first kappa shape index (κ1) is 15.0. The summed E-state index contributed by atoms with van der Waals surface area (Å²) in [6.45, 7) is 5.79. The van der Waals surface area contributed by atoms with Crippen molar-refractivity contribution in [2.24, 2.45) is 0 Å². The molecule has 1 aromatic rings. The fraction of sp³-hybridized carbons (Fsp3) is 0.600. The highest BCUT2D eigenvalue weighted by molar-refractivity contribution is 5.39. The predicted molar refractivity (Wildman–Crippen MR) is 75.1 cm³/mol. The van der Waals surface area contributed by atoms with E-state index in [1.165, 1.54) is 5.56 Å². The van der Waals surface area contributed by atoms with Crippen LogP contribution in [0.3, 0.4) is 0 Å². The van der Waals surface area contributed by atoms with Crippen LogP contribution >= 0.6 is 0 Å². The number of rotatable bonds is 5. The first-order chi connectivity index (χ1) is 8.31. The lowest BCUT2D eigenvalue weighted by atomic mass is 9.89. The van der Waals surface area contributed by atoms with Crippen molar-refractivity contribution in [3.63, 3.8) is 0 Å². The second-order valence-corrected chi connectivity index (χ2v) is 5.44. The summed E-state index contributed by atoms with van der Waals surface area (Å²) < 4.78 is 5.34. The number of ether oxygens (including phenoxy) is 1. The van der Waals surface area contributed by atoms with E-state index in [4.69, 9.17) is 4.74 Å². The summed E-state index contributed by atoms with van der Waals surface area (Å²) in [7, 11) is 5.66. The Morgan fingerprint density at radius 1 is 1.33 bits per heavy atom. The standard InChI is InChI=1S/C15H25NO2/c1-7-11-10-12(8-9-13(11)18-6)14(16(4)5)15(2,3)17/h8-10,14,17H,7H2,1-6H3. The summed E-state index contributed by atoms with van der Waals surface area (Å²) in [5.74, 6) is 0.912. The van der Waals surface area contributed by atoms with E-state index in [0.717, 1.165) is 17.7 Å². The summed E-state index contributed by atoms with van der Waals surface area (Å²) >= 11 is 0. The van der Waals surface area contributed by atoms with Gasteiger partial charge in [-0.1, -0.05) is 19.1 Å². The molecule has 0 saturated carbocycles. The van der Waals surface area contributed by atoms with Crippen LogP contribution in [-0.2, 0) is 6.42 Å². The topological polar surface area (TPSA) is 32.7 Å². The van der Waals surface area contributed by atoms with Gasteiger partial charge in [-0.15, -0.1) is 0 Å². The maximum absolute atomic E-state index is 10.3. The van der Waals surface area contributed by atoms with Crippen LogP contribution in [0.4, 0.5) is 0 Å². The van der Waals surface area contributed by atoms with Gasteiger partial charge in [0.15, 0.2) is 0 Å². The molecule has 0 heterocycles. The van der Waals surface area contributed by atoms with E-state index in [9.17, 15) is 5.11 Å². The highest BCUT2D eigenvalue weighted by Crippen LogP contribution is 2.32. The number of methoxy groups -OCH3 is 1. The molecule has 0 spiro atoms. The zero-order chi connectivity index (χ0) is 13.9. The van der Waals surface area contributed by atoms with Gasteiger partial charge in [-0.05, 0) is 51.6 Å². The Hall–Kier alpha value is -1.06. The molecule has 0 fully saturated rings. The summed E-state index contributed by atoms with van der Waals surface area (Å²) in [5, 5.41) is 10.3. The molecule has 102 valence electrons. The second kappa shape index (κ2) is 5.72. The van der Waals surface area contributed by atoms with Gasteiger partial charge in [0.05, 0.1) is 18.8 Å². The lowest BCUT2D eigenvalue weighted by Gasteiger charge is -2.35. The highest BCUT2D eigenvalue weighted by atomic mass is 16.5. The molecule has 18 heavy (non-hydrogen) atoms. The van der Waals surface area contributed by atoms with Gasteiger partial charge in [-0.25, -0.2) is 0 Å². The molecule has 1 rings (SSSR count). The van der Waals surface area contributed by atoms with Gasteiger partial charge < -0.3 is 9.84 Å². The van der Waals surface area contributed by atoms with Crippen LogP contribution < -0.4 is 4.74 Å². The summed E-state index contributed by atoms with van der Waals surface area (Å²) in [5.41, 5.74) is 1.50. The molecule has 1 N–H and O–H groups in total. The van der Waals surface area contributed by atoms with Crippen LogP contribution in [0.15, 0.2) is 18.2 Å². The minimum absolute atomic E-state index is 0.0336. The Labute approximate surface area is 110 Å². The molecule has 0 aliphatic rings. The number of hydrogen-bond acceptors (Lipinski definition) is 3. The largest absolute Gasteiger partial charge is 0.496 e. The van der Waals surface area contributed by atoms with Crippen molar-refractivity contribution in [3.8, 4) is 5.75 Å². The monoisotopic (exact) mass is 251 g/mol. The number of benzene rings is 1. The van der Waals surface area contributed by atoms with E-state index in [0.29, 0.717) is 0 Å². The molecule has 0 amide bonds. The number of aryl methyl sites for hydroxylation is 1. The molecule has 0 aromatic heterocycles. The minimum Gasteiger partial charge on any atom is -0.496 e. The lowest BCUT2D eigenvalue weighted by molar-refractivity contribution is -0.00319. The first-order valence-corrected chi connectivity index (χ1v) is 6.36. The molecule has 0 aliphatic heterocycles. The van der Waals surface area contributed by atoms with Gasteiger partial charge in [0.25, 0.3) is 0 Å². The Morgan fingerprint density at radius 3 is 2.33 bits per heavy atom. The van der Waals surface area contributed by atoms with E-state index >= 15 is 0 Å². The third-order valence-corrected chi connectivity index (χ3v) is 3.19. The van der Waals surface area contributed by atoms with Crippen LogP contribution in [0.2, 0.25) is 0 Å². The third-order valence-electron chi connectivity index (χ3n) is 3.19. The van der Waals surface area contributed by atoms with Crippen LogP contribution in [-0.4, -0.2) is 36.8 Å². The quantitative estimate of drug-likeness (QED) is 0.873. The smallest absolute Gasteiger partial charge is 0.122 e. The van der Waals surface area contributed by atoms with Gasteiger partial charge in [0.2, 0.25) is 0 Å². The van der Waals surface area contributed by atoms with E-state index in [-0.39, 0.29) is 6.04 Å². The molecule has 1 aromatic carbocycles. The molecule has 0 aliphatic carbocycles. The van der Waals surface area contributed by atoms with Gasteiger partial charge >= 0.3 is 0 Å². The van der Waals surface area contributed by atoms with Crippen LogP contribution in [0.5, 0.6) is 5.75 Å². The maximum atomic E-state index is 10.3. The minimum atomic E-state index is -0.789. The molecule has 0 bridgehead atoms. The molecule has 3 heteroatoms. The van der Waals surface area contributed by atoms with Crippen LogP contribution in [0.25, 0.3) is 0 Å². The number of nitrogens with zero attached hydrogens (tertiary/aromatic N) is 1. The Bertz CT molecular complexity index is 394. The van der Waals surface area contributed by atoms with E-state index in [1.54, 1.807) is 7.11 Å². The number of hydrogen-bond donors (Lipinski definition) is 1. The van der Waals surface area contributed by atoms with E-state index in [2.05, 4.69) is 13.0 Å². The fourth-order valence-corrected chi connectivity index (χ4v) is 2.58. The molecule has 0 radical (unpaired) electrons. The predicted octanol–water partition coefficient (Wildman–Crippen LogP) is 2.63. The summed E-state index contributed by atoms with van der Waals surface area (Å²) in [6.07, 6.45) is 0.920. The van der Waals surface area contributed by atoms with Gasteiger partial charge in [0.1, 0.15) is 5.75 Å². The van der Waals surface area contributed by atoms with Crippen molar-refractivity contribution in [3.05, 3.63) is 29.3 Å². The number of aliphatic hydroxyl groups is 1. The van der Waals surface area contributed by atoms with Crippen LogP contribution in [0.1, 0.15) is 37.9 Å². The van der Waals surface area contributed by atoms with Gasteiger partial charge in [-0.3, -0.25) is 4.90 Å². The summed E-state index contributed by atoms with van der Waals surface area (Å²) in [4.78, 5) is 2.04. The van der Waals surface area contributed by atoms with Gasteiger partial charge in [0, 0.05) is 0 Å². The van der Waals surface area contributed by atoms with Crippen molar-refractivity contribution in [1.82, 2.24) is 4.90 Å². The molecular formula is C15H25NO2. The number of likely N-dealkylation sites (N-methyl/N-ethyl adjacent to an activating group) is 1. The average molecular weight is 251 g/mol. The van der Waals surface area contributed by atoms with Crippen LogP contribution in [0, 0.1) is 0 Å². The Balaban J connectivity index is 3.22. The van der Waals surface area contributed by atoms with E-state index in [1.807, 2.05) is 45.0 Å². The molecule has 0 saturated heterocycles. The van der Waals surface area contributed by atoms with Crippen molar-refractivity contribution in [2.75, 3.05) is 21.2 Å². The fourth-order valence-electron chi connectivity index (χ4n) is 2.58. The zero-order valence-electron chi connectivity index (χ0n) is 12.3. The molecule has 1 atom stereocenters. The normalized spacial score (nSPS) is 13.8. The average Bonchev–Trinajstić information content (AvgIpc) is 2.26. The van der Waals surface area contributed by atoms with Gasteiger partial charge in [-0.2, -0.15) is 0 Å². The highest BCUT2D eigenvalue weighted by Gasteiger charge is 2.30. The lowest BCUT2D eigenvalue weighted by Crippen LogP contribution is -2.38. The Morgan fingerprint density at radius 2 is 1.94 bits per heavy atom. The van der Waals surface area contributed by atoms with Crippen molar-refractivity contribution in [1.29, 1.82) is 0 Å². The first-order valence-electron chi connectivity index (χ1n) is 6.36. The maximum Gasteiger partial charge on any atom is 0.122 e. The molecule has 1 unspecified atom stereocenters. The Kier molecular flexibility index (Phi) is 4.77. The third kappa shape index (κ3) is 3.24. The SMILES string of the molecule is CCc1cc(C(N(C)C)C(C)(C)O)ccc1OC. The van der Waals surface area contributed by atoms with E-state index < -0.39 is 5.60 Å². The second-order valence-electron chi connectivity index (χ2n) is 5.44. The summed E-state index contributed by atoms with van der Waals surface area (Å²) in [6, 6.07) is 6.10. The van der Waals surface area contributed by atoms with Crippen molar-refractivity contribution in [2.45, 2.75) is 38.8 Å². The van der Waals surface area contributed by atoms with Crippen molar-refractivity contribution >= 4 is 0 Å². The molecule has 3 nitrogen and oxygen atoms in total.